The highest BCUT2D eigenvalue weighted by atomic mass is 16.7. The zero-order valence-electron chi connectivity index (χ0n) is 12.3. The van der Waals surface area contributed by atoms with Crippen LogP contribution in [0.5, 0.6) is 11.5 Å². The molecule has 23 heavy (non-hydrogen) atoms. The van der Waals surface area contributed by atoms with Gasteiger partial charge in [0, 0.05) is 17.4 Å². The lowest BCUT2D eigenvalue weighted by molar-refractivity contribution is 0.174. The number of aromatic nitrogens is 2. The molecule has 2 aromatic carbocycles. The lowest BCUT2D eigenvalue weighted by atomic mass is 10.2. The number of fused-ring (bicyclic) bond motifs is 2. The molecule has 0 aliphatic carbocycles. The number of carbonyl (C=O) groups is 1. The van der Waals surface area contributed by atoms with Gasteiger partial charge >= 0.3 is 6.03 Å². The summed E-state index contributed by atoms with van der Waals surface area (Å²) >= 11 is 0. The second-order valence-corrected chi connectivity index (χ2v) is 5.20. The van der Waals surface area contributed by atoms with Crippen LogP contribution >= 0.6 is 0 Å². The Morgan fingerprint density at radius 1 is 1.09 bits per heavy atom. The van der Waals surface area contributed by atoms with Crippen LogP contribution in [0.2, 0.25) is 0 Å². The summed E-state index contributed by atoms with van der Waals surface area (Å²) < 4.78 is 10.5. The van der Waals surface area contributed by atoms with Crippen molar-refractivity contribution in [1.82, 2.24) is 9.97 Å². The largest absolute Gasteiger partial charge is 0.454 e. The smallest absolute Gasteiger partial charge is 0.323 e. The minimum atomic E-state index is -0.334. The van der Waals surface area contributed by atoms with Crippen molar-refractivity contribution in [3.05, 3.63) is 42.2 Å². The molecule has 2 amide bonds. The summed E-state index contributed by atoms with van der Waals surface area (Å²) in [5, 5.41) is 5.55. The second-order valence-electron chi connectivity index (χ2n) is 5.20. The summed E-state index contributed by atoms with van der Waals surface area (Å²) in [6.07, 6.45) is 0. The molecule has 3 aromatic rings. The Morgan fingerprint density at radius 3 is 2.70 bits per heavy atom. The van der Waals surface area contributed by atoms with Crippen LogP contribution in [0.4, 0.5) is 16.2 Å². The molecule has 0 unspecified atom stereocenters. The Bertz CT molecular complexity index is 903. The fourth-order valence-corrected chi connectivity index (χ4v) is 2.48. The van der Waals surface area contributed by atoms with E-state index in [1.54, 1.807) is 18.2 Å². The summed E-state index contributed by atoms with van der Waals surface area (Å²) in [6.45, 7) is 2.09. The third-order valence-electron chi connectivity index (χ3n) is 3.49. The third-order valence-corrected chi connectivity index (χ3v) is 3.49. The number of imidazole rings is 1. The maximum atomic E-state index is 12.1. The number of rotatable bonds is 2. The van der Waals surface area contributed by atoms with Crippen molar-refractivity contribution in [2.45, 2.75) is 6.92 Å². The van der Waals surface area contributed by atoms with E-state index in [1.165, 1.54) is 0 Å². The summed E-state index contributed by atoms with van der Waals surface area (Å²) in [7, 11) is 0. The first-order valence-electron chi connectivity index (χ1n) is 7.11. The van der Waals surface area contributed by atoms with Gasteiger partial charge in [0.15, 0.2) is 11.5 Å². The SMILES string of the molecule is Cc1nc2ccc(NC(=O)Nc3ccc4c(c3)OCO4)cc2[nH]1. The number of anilines is 2. The van der Waals surface area contributed by atoms with E-state index in [0.29, 0.717) is 22.9 Å². The van der Waals surface area contributed by atoms with Crippen LogP contribution in [0.15, 0.2) is 36.4 Å². The molecule has 0 saturated carbocycles. The van der Waals surface area contributed by atoms with E-state index in [9.17, 15) is 4.79 Å². The topological polar surface area (TPSA) is 88.3 Å². The van der Waals surface area contributed by atoms with E-state index in [1.807, 2.05) is 25.1 Å². The lowest BCUT2D eigenvalue weighted by Crippen LogP contribution is -2.19. The lowest BCUT2D eigenvalue weighted by Gasteiger charge is -2.08. The summed E-state index contributed by atoms with van der Waals surface area (Å²) in [5.41, 5.74) is 3.05. The number of ether oxygens (including phenoxy) is 2. The fourth-order valence-electron chi connectivity index (χ4n) is 2.48. The van der Waals surface area contributed by atoms with Gasteiger partial charge in [-0.15, -0.1) is 0 Å². The number of hydrogen-bond acceptors (Lipinski definition) is 4. The van der Waals surface area contributed by atoms with E-state index < -0.39 is 0 Å². The Labute approximate surface area is 131 Å². The van der Waals surface area contributed by atoms with Crippen molar-refractivity contribution >= 4 is 28.4 Å². The van der Waals surface area contributed by atoms with Crippen molar-refractivity contribution in [2.75, 3.05) is 17.4 Å². The number of aryl methyl sites for hydroxylation is 1. The molecule has 7 nitrogen and oxygen atoms in total. The maximum Gasteiger partial charge on any atom is 0.323 e. The molecule has 1 aliphatic heterocycles. The van der Waals surface area contributed by atoms with Gasteiger partial charge in [-0.1, -0.05) is 0 Å². The van der Waals surface area contributed by atoms with E-state index in [4.69, 9.17) is 9.47 Å². The van der Waals surface area contributed by atoms with Crippen LogP contribution in [0.3, 0.4) is 0 Å². The van der Waals surface area contributed by atoms with Crippen LogP contribution in [-0.2, 0) is 0 Å². The highest BCUT2D eigenvalue weighted by molar-refractivity contribution is 6.00. The first kappa shape index (κ1) is 13.4. The van der Waals surface area contributed by atoms with E-state index in [2.05, 4.69) is 20.6 Å². The van der Waals surface area contributed by atoms with Gasteiger partial charge in [-0.05, 0) is 37.3 Å². The van der Waals surface area contributed by atoms with Gasteiger partial charge in [-0.25, -0.2) is 9.78 Å². The van der Waals surface area contributed by atoms with Gasteiger partial charge < -0.3 is 25.1 Å². The highest BCUT2D eigenvalue weighted by Gasteiger charge is 2.14. The highest BCUT2D eigenvalue weighted by Crippen LogP contribution is 2.34. The monoisotopic (exact) mass is 310 g/mol. The first-order valence-corrected chi connectivity index (χ1v) is 7.11. The normalized spacial score (nSPS) is 12.4. The van der Waals surface area contributed by atoms with Crippen LogP contribution < -0.4 is 20.1 Å². The van der Waals surface area contributed by atoms with Crippen molar-refractivity contribution in [3.63, 3.8) is 0 Å². The molecule has 7 heteroatoms. The molecule has 0 atom stereocenters. The average Bonchev–Trinajstić information content (AvgIpc) is 3.11. The minimum absolute atomic E-state index is 0.203. The molecule has 0 bridgehead atoms. The van der Waals surface area contributed by atoms with Gasteiger partial charge in [0.2, 0.25) is 6.79 Å². The van der Waals surface area contributed by atoms with E-state index in [-0.39, 0.29) is 12.8 Å². The number of amides is 2. The van der Waals surface area contributed by atoms with Crippen molar-refractivity contribution in [2.24, 2.45) is 0 Å². The zero-order chi connectivity index (χ0) is 15.8. The number of hydrogen-bond donors (Lipinski definition) is 3. The van der Waals surface area contributed by atoms with Crippen LogP contribution in [0.25, 0.3) is 11.0 Å². The molecule has 0 spiro atoms. The molecule has 116 valence electrons. The van der Waals surface area contributed by atoms with Gasteiger partial charge in [0.1, 0.15) is 5.82 Å². The number of benzene rings is 2. The molecular formula is C16H14N4O3. The Hall–Kier alpha value is -3.22. The van der Waals surface area contributed by atoms with Gasteiger partial charge in [0.25, 0.3) is 0 Å². The van der Waals surface area contributed by atoms with Gasteiger partial charge in [-0.2, -0.15) is 0 Å². The van der Waals surface area contributed by atoms with Crippen molar-refractivity contribution < 1.29 is 14.3 Å². The molecule has 2 heterocycles. The predicted molar refractivity (Wildman–Crippen MR) is 86.0 cm³/mol. The van der Waals surface area contributed by atoms with Crippen LogP contribution in [0.1, 0.15) is 5.82 Å². The second kappa shape index (κ2) is 5.20. The maximum absolute atomic E-state index is 12.1. The molecule has 1 aliphatic rings. The van der Waals surface area contributed by atoms with Crippen molar-refractivity contribution in [3.8, 4) is 11.5 Å². The molecule has 4 rings (SSSR count). The number of urea groups is 1. The van der Waals surface area contributed by atoms with Gasteiger partial charge in [0.05, 0.1) is 11.0 Å². The Balaban J connectivity index is 1.48. The van der Waals surface area contributed by atoms with E-state index in [0.717, 1.165) is 16.9 Å². The number of nitrogens with zero attached hydrogens (tertiary/aromatic N) is 1. The molecular weight excluding hydrogens is 296 g/mol. The molecule has 1 aromatic heterocycles. The van der Waals surface area contributed by atoms with Gasteiger partial charge in [-0.3, -0.25) is 0 Å². The molecule has 3 N–H and O–H groups in total. The van der Waals surface area contributed by atoms with Crippen LogP contribution in [-0.4, -0.2) is 22.8 Å². The standard InChI is InChI=1S/C16H14N4O3/c1-9-17-12-4-2-10(6-13(12)18-9)19-16(21)20-11-3-5-14-15(7-11)23-8-22-14/h2-7H,8H2,1H3,(H,17,18)(H2,19,20,21). The quantitative estimate of drug-likeness (QED) is 0.678. The first-order chi connectivity index (χ1) is 11.2. The summed E-state index contributed by atoms with van der Waals surface area (Å²) in [5.74, 6) is 2.13. The van der Waals surface area contributed by atoms with Crippen LogP contribution in [0, 0.1) is 6.92 Å². The summed E-state index contributed by atoms with van der Waals surface area (Å²) in [6, 6.07) is 10.4. The number of aromatic amines is 1. The average molecular weight is 310 g/mol. The zero-order valence-corrected chi connectivity index (χ0v) is 12.3. The molecule has 0 fully saturated rings. The Morgan fingerprint density at radius 2 is 1.83 bits per heavy atom. The Kier molecular flexibility index (Phi) is 3.04. The number of H-pyrrole nitrogens is 1. The minimum Gasteiger partial charge on any atom is -0.454 e. The number of carbonyl (C=O) groups excluding carboxylic acids is 1. The summed E-state index contributed by atoms with van der Waals surface area (Å²) in [4.78, 5) is 19.6. The fraction of sp³-hybridized carbons (Fsp3) is 0.125. The van der Waals surface area contributed by atoms with E-state index >= 15 is 0 Å². The molecule has 0 saturated heterocycles. The number of nitrogens with one attached hydrogen (secondary N) is 3. The third kappa shape index (κ3) is 2.64. The van der Waals surface area contributed by atoms with Crippen molar-refractivity contribution in [1.29, 1.82) is 0 Å². The predicted octanol–water partition coefficient (Wildman–Crippen LogP) is 3.24. The molecule has 0 radical (unpaired) electrons.